The molecule has 1 fully saturated rings. The lowest BCUT2D eigenvalue weighted by Crippen LogP contribution is -2.39. The van der Waals surface area contributed by atoms with Gasteiger partial charge in [-0.3, -0.25) is 9.36 Å². The number of hydrogen-bond donors (Lipinski definition) is 4. The van der Waals surface area contributed by atoms with Crippen molar-refractivity contribution in [3.05, 3.63) is 52.8 Å². The van der Waals surface area contributed by atoms with Crippen LogP contribution in [0.1, 0.15) is 19.3 Å². The summed E-state index contributed by atoms with van der Waals surface area (Å²) in [5.74, 6) is -0.420. The van der Waals surface area contributed by atoms with Crippen molar-refractivity contribution in [2.24, 2.45) is 10.9 Å². The molecule has 9 heteroatoms. The normalized spacial score (nSPS) is 20.4. The average molecular weight is 346 g/mol. The van der Waals surface area contributed by atoms with Gasteiger partial charge in [0.25, 0.3) is 5.56 Å². The van der Waals surface area contributed by atoms with E-state index in [4.69, 9.17) is 10.9 Å². The minimum absolute atomic E-state index is 0.0243. The summed E-state index contributed by atoms with van der Waals surface area (Å²) in [5, 5.41) is 17.4. The molecule has 132 valence electrons. The lowest BCUT2D eigenvalue weighted by atomic mass is 10.2. The first-order chi connectivity index (χ1) is 12.1. The van der Waals surface area contributed by atoms with Gasteiger partial charge < -0.3 is 21.6 Å². The third-order valence-corrected chi connectivity index (χ3v) is 4.16. The van der Waals surface area contributed by atoms with Crippen LogP contribution in [0.3, 0.4) is 0 Å². The Hall–Kier alpha value is -3.10. The maximum atomic E-state index is 14.4. The number of hydrogen-bond acceptors (Lipinski definition) is 5. The number of halogens is 1. The first-order valence-corrected chi connectivity index (χ1v) is 7.91. The molecule has 1 saturated carbocycles. The van der Waals surface area contributed by atoms with Gasteiger partial charge in [-0.1, -0.05) is 11.2 Å². The monoisotopic (exact) mass is 346 g/mol. The smallest absolute Gasteiger partial charge is 0.255 e. The number of nitrogens with zero attached hydrogens (tertiary/aromatic N) is 3. The summed E-state index contributed by atoms with van der Waals surface area (Å²) >= 11 is 0. The van der Waals surface area contributed by atoms with Crippen molar-refractivity contribution in [1.29, 1.82) is 0 Å². The summed E-state index contributed by atoms with van der Waals surface area (Å²) in [4.78, 5) is 15.9. The molecule has 2 heterocycles. The van der Waals surface area contributed by atoms with Crippen LogP contribution >= 0.6 is 0 Å². The van der Waals surface area contributed by atoms with Gasteiger partial charge in [0.1, 0.15) is 0 Å². The predicted octanol–water partition coefficient (Wildman–Crippen LogP) is 0.998. The van der Waals surface area contributed by atoms with Crippen LogP contribution in [0, 0.1) is 5.82 Å². The van der Waals surface area contributed by atoms with Gasteiger partial charge in [-0.2, -0.15) is 0 Å². The molecule has 0 saturated heterocycles. The van der Waals surface area contributed by atoms with E-state index < -0.39 is 5.82 Å². The molecule has 1 aliphatic carbocycles. The van der Waals surface area contributed by atoms with Crippen molar-refractivity contribution in [1.82, 2.24) is 14.9 Å². The van der Waals surface area contributed by atoms with Gasteiger partial charge in [0.15, 0.2) is 11.6 Å². The van der Waals surface area contributed by atoms with E-state index in [1.165, 1.54) is 22.9 Å². The van der Waals surface area contributed by atoms with Crippen molar-refractivity contribution in [2.45, 2.75) is 31.3 Å². The van der Waals surface area contributed by atoms with Crippen molar-refractivity contribution < 1.29 is 9.60 Å². The first-order valence-electron chi connectivity index (χ1n) is 7.91. The zero-order chi connectivity index (χ0) is 17.8. The van der Waals surface area contributed by atoms with Gasteiger partial charge in [0.05, 0.1) is 11.9 Å². The number of aromatic nitrogens is 2. The minimum atomic E-state index is -0.527. The van der Waals surface area contributed by atoms with Crippen molar-refractivity contribution in [3.63, 3.8) is 0 Å². The fourth-order valence-electron chi connectivity index (χ4n) is 2.98. The number of nitrogens with one attached hydrogen (secondary N) is 2. The Morgan fingerprint density at radius 3 is 2.92 bits per heavy atom. The second-order valence-electron chi connectivity index (χ2n) is 5.91. The summed E-state index contributed by atoms with van der Waals surface area (Å²) in [6.07, 6.45) is 5.32. The second kappa shape index (κ2) is 7.20. The third-order valence-electron chi connectivity index (χ3n) is 4.16. The Morgan fingerprint density at radius 2 is 2.20 bits per heavy atom. The van der Waals surface area contributed by atoms with E-state index in [0.29, 0.717) is 12.1 Å². The Labute approximate surface area is 143 Å². The Morgan fingerprint density at radius 1 is 1.40 bits per heavy atom. The standard InChI is InChI=1S/C16H19FN6O2/c17-13-8-12(23-6-2-1-3-14(23)24)9-19-15(13)20-10-4-5-11(7-10)21-16(18)22-25/h1-3,6,8-11,25H,4-5,7H2,(H,19,20)(H3,18,21,22)/t10-,11-/m0/s1. The van der Waals surface area contributed by atoms with Crippen LogP contribution in [0.4, 0.5) is 10.2 Å². The molecule has 2 aromatic rings. The fourth-order valence-corrected chi connectivity index (χ4v) is 2.98. The molecule has 5 N–H and O–H groups in total. The fraction of sp³-hybridized carbons (Fsp3) is 0.312. The lowest BCUT2D eigenvalue weighted by Gasteiger charge is -2.16. The molecule has 8 nitrogen and oxygen atoms in total. The number of nitrogens with two attached hydrogens (primary N) is 1. The average Bonchev–Trinajstić information content (AvgIpc) is 3.04. The highest BCUT2D eigenvalue weighted by molar-refractivity contribution is 5.77. The molecule has 0 bridgehead atoms. The number of rotatable bonds is 4. The highest BCUT2D eigenvalue weighted by atomic mass is 19.1. The van der Waals surface area contributed by atoms with Gasteiger partial charge in [-0.05, 0) is 25.3 Å². The summed E-state index contributed by atoms with van der Waals surface area (Å²) in [7, 11) is 0. The maximum absolute atomic E-state index is 14.4. The molecular formula is C16H19FN6O2. The Kier molecular flexibility index (Phi) is 4.82. The summed E-state index contributed by atoms with van der Waals surface area (Å²) in [6.45, 7) is 0. The van der Waals surface area contributed by atoms with E-state index in [1.54, 1.807) is 18.3 Å². The number of guanidine groups is 1. The highest BCUT2D eigenvalue weighted by Gasteiger charge is 2.26. The van der Waals surface area contributed by atoms with Crippen molar-refractivity contribution in [3.8, 4) is 5.69 Å². The van der Waals surface area contributed by atoms with E-state index in [1.807, 2.05) is 0 Å². The quantitative estimate of drug-likeness (QED) is 0.284. The van der Waals surface area contributed by atoms with Crippen LogP contribution in [0.2, 0.25) is 0 Å². The summed E-state index contributed by atoms with van der Waals surface area (Å²) in [5.41, 5.74) is 5.54. The molecule has 2 atom stereocenters. The zero-order valence-corrected chi connectivity index (χ0v) is 13.4. The summed E-state index contributed by atoms with van der Waals surface area (Å²) < 4.78 is 15.7. The van der Waals surface area contributed by atoms with Gasteiger partial charge in [0, 0.05) is 30.4 Å². The van der Waals surface area contributed by atoms with Gasteiger partial charge >= 0.3 is 0 Å². The highest BCUT2D eigenvalue weighted by Crippen LogP contribution is 2.24. The molecule has 1 aliphatic rings. The second-order valence-corrected chi connectivity index (χ2v) is 5.91. The van der Waals surface area contributed by atoms with Crippen LogP contribution in [0.15, 0.2) is 46.6 Å². The first kappa shape index (κ1) is 16.7. The van der Waals surface area contributed by atoms with E-state index in [-0.39, 0.29) is 29.4 Å². The van der Waals surface area contributed by atoms with Gasteiger partial charge in [-0.25, -0.2) is 9.37 Å². The molecular weight excluding hydrogens is 327 g/mol. The largest absolute Gasteiger partial charge is 0.408 e. The topological polar surface area (TPSA) is 118 Å². The molecule has 2 aromatic heterocycles. The van der Waals surface area contributed by atoms with E-state index in [0.717, 1.165) is 12.8 Å². The number of pyridine rings is 2. The third kappa shape index (κ3) is 3.87. The molecule has 0 amide bonds. The maximum Gasteiger partial charge on any atom is 0.255 e. The minimum Gasteiger partial charge on any atom is -0.408 e. The van der Waals surface area contributed by atoms with Crippen LogP contribution in [-0.4, -0.2) is 32.8 Å². The van der Waals surface area contributed by atoms with Gasteiger partial charge in [0.2, 0.25) is 5.96 Å². The van der Waals surface area contributed by atoms with Gasteiger partial charge in [-0.15, -0.1) is 0 Å². The van der Waals surface area contributed by atoms with Crippen LogP contribution in [0.25, 0.3) is 5.69 Å². The van der Waals surface area contributed by atoms with E-state index in [9.17, 15) is 9.18 Å². The predicted molar refractivity (Wildman–Crippen MR) is 91.4 cm³/mol. The van der Waals surface area contributed by atoms with Crippen LogP contribution < -0.4 is 21.9 Å². The van der Waals surface area contributed by atoms with Crippen LogP contribution in [0.5, 0.6) is 0 Å². The molecule has 0 spiro atoms. The lowest BCUT2D eigenvalue weighted by molar-refractivity contribution is 0.314. The summed E-state index contributed by atoms with van der Waals surface area (Å²) in [6, 6.07) is 6.07. The molecule has 0 radical (unpaired) electrons. The van der Waals surface area contributed by atoms with E-state index in [2.05, 4.69) is 20.8 Å². The molecule has 0 unspecified atom stereocenters. The SMILES string of the molecule is N/C(=N\O)N[C@H]1CC[C@H](Nc2ncc(-n3ccccc3=O)cc2F)C1. The molecule has 0 aliphatic heterocycles. The molecule has 25 heavy (non-hydrogen) atoms. The zero-order valence-electron chi connectivity index (χ0n) is 13.4. The van der Waals surface area contributed by atoms with Crippen molar-refractivity contribution >= 4 is 11.8 Å². The van der Waals surface area contributed by atoms with Crippen LogP contribution in [-0.2, 0) is 0 Å². The van der Waals surface area contributed by atoms with Crippen molar-refractivity contribution in [2.75, 3.05) is 5.32 Å². The van der Waals surface area contributed by atoms with E-state index >= 15 is 0 Å². The molecule has 3 rings (SSSR count). The molecule has 0 aromatic carbocycles. The Balaban J connectivity index is 1.69. The Bertz CT molecular complexity index is 837. The number of oxime groups is 1. The number of anilines is 1.